The highest BCUT2D eigenvalue weighted by molar-refractivity contribution is 5.84. The Morgan fingerprint density at radius 1 is 0.898 bits per heavy atom. The molecule has 0 amide bonds. The Hall–Kier alpha value is -4.45. The van der Waals surface area contributed by atoms with Crippen molar-refractivity contribution in [2.24, 2.45) is 32.6 Å². The van der Waals surface area contributed by atoms with Crippen LogP contribution in [0.15, 0.2) is 72.3 Å². The molecule has 5 aliphatic heterocycles. The van der Waals surface area contributed by atoms with E-state index in [0.29, 0.717) is 23.3 Å². The molecule has 12 nitrogen and oxygen atoms in total. The Kier molecular flexibility index (Phi) is 14.3. The molecule has 0 aromatic carbocycles. The molecule has 5 aliphatic rings. The molecule has 7 atom stereocenters. The van der Waals surface area contributed by atoms with Crippen LogP contribution in [0.4, 0.5) is 0 Å². The lowest BCUT2D eigenvalue weighted by Crippen LogP contribution is -2.50. The van der Waals surface area contributed by atoms with Gasteiger partial charge in [0, 0.05) is 107 Å². The van der Waals surface area contributed by atoms with Crippen molar-refractivity contribution in [2.75, 3.05) is 0 Å². The topological polar surface area (TPSA) is 170 Å². The van der Waals surface area contributed by atoms with Crippen LogP contribution in [0.3, 0.4) is 0 Å². The summed E-state index contributed by atoms with van der Waals surface area (Å²) in [7, 11) is 0. The molecular formula is C47H72N8O4. The van der Waals surface area contributed by atoms with Gasteiger partial charge in [0.25, 0.3) is 0 Å². The SMILES string of the molecule is CC(=O)CC(C)(C)C(Cc1ccc[nH]1)[N+](=O)[O-].CC1(C)C[C@H]2NC1C[C@H]1NC=C[C@@H]12.CC1=NC(Cc2ccc[nH]2)C(C)(C)C1.CC1=[N+]([O-])C(Cc2ccc[nH]2)C(C)(C)C1. The van der Waals surface area contributed by atoms with Gasteiger partial charge in [-0.3, -0.25) is 15.1 Å². The van der Waals surface area contributed by atoms with Crippen LogP contribution in [-0.2, 0) is 24.1 Å². The van der Waals surface area contributed by atoms with Gasteiger partial charge in [0.05, 0.1) is 18.9 Å². The number of carbonyl (C=O) groups excluding carboxylic acids is 1. The summed E-state index contributed by atoms with van der Waals surface area (Å²) in [4.78, 5) is 36.1. The lowest BCUT2D eigenvalue weighted by molar-refractivity contribution is -0.540. The van der Waals surface area contributed by atoms with Crippen molar-refractivity contribution in [3.8, 4) is 0 Å². The van der Waals surface area contributed by atoms with E-state index >= 15 is 0 Å². The summed E-state index contributed by atoms with van der Waals surface area (Å²) in [5.41, 5.74) is 5.79. The summed E-state index contributed by atoms with van der Waals surface area (Å²) in [6.07, 6.45) is 17.2. The average Bonchev–Trinajstić information content (AvgIpc) is 3.99. The van der Waals surface area contributed by atoms with Crippen molar-refractivity contribution >= 4 is 17.2 Å². The zero-order chi connectivity index (χ0) is 43.3. The zero-order valence-corrected chi connectivity index (χ0v) is 37.5. The molecule has 324 valence electrons. The minimum Gasteiger partial charge on any atom is -0.624 e. The van der Waals surface area contributed by atoms with Gasteiger partial charge in [-0.15, -0.1) is 0 Å². The van der Waals surface area contributed by atoms with Crippen LogP contribution in [0.25, 0.3) is 0 Å². The van der Waals surface area contributed by atoms with Gasteiger partial charge in [0.15, 0.2) is 11.8 Å². The lowest BCUT2D eigenvalue weighted by Gasteiger charge is -2.34. The lowest BCUT2D eigenvalue weighted by atomic mass is 9.78. The molecule has 0 saturated carbocycles. The number of nitrogens with zero attached hydrogens (tertiary/aromatic N) is 3. The van der Waals surface area contributed by atoms with E-state index in [1.165, 1.54) is 35.9 Å². The first-order valence-corrected chi connectivity index (χ1v) is 21.6. The highest BCUT2D eigenvalue weighted by Gasteiger charge is 2.50. The Morgan fingerprint density at radius 2 is 1.49 bits per heavy atom. The number of nitrogens with one attached hydrogen (secondary N) is 5. The molecule has 8 rings (SSSR count). The predicted molar refractivity (Wildman–Crippen MR) is 238 cm³/mol. The Balaban J connectivity index is 0.000000150. The first kappa shape index (κ1) is 45.6. The third-order valence-corrected chi connectivity index (χ3v) is 13.5. The molecule has 12 heteroatoms. The molecule has 5 N–H and O–H groups in total. The quantitative estimate of drug-likeness (QED) is 0.0594. The van der Waals surface area contributed by atoms with E-state index in [1.807, 2.05) is 49.6 Å². The summed E-state index contributed by atoms with van der Waals surface area (Å²) >= 11 is 0. The van der Waals surface area contributed by atoms with Gasteiger partial charge in [-0.25, -0.2) is 4.74 Å². The first-order chi connectivity index (χ1) is 27.6. The molecule has 2 bridgehead atoms. The number of nitro groups is 1. The predicted octanol–water partition coefficient (Wildman–Crippen LogP) is 8.60. The Morgan fingerprint density at radius 3 is 1.98 bits per heavy atom. The van der Waals surface area contributed by atoms with Gasteiger partial charge in [-0.1, -0.05) is 61.5 Å². The van der Waals surface area contributed by atoms with Crippen molar-refractivity contribution in [1.82, 2.24) is 25.6 Å². The van der Waals surface area contributed by atoms with Gasteiger partial charge in [-0.2, -0.15) is 0 Å². The number of hydrogen-bond donors (Lipinski definition) is 5. The second kappa shape index (κ2) is 18.4. The van der Waals surface area contributed by atoms with Gasteiger partial charge < -0.3 is 35.6 Å². The van der Waals surface area contributed by atoms with Crippen LogP contribution < -0.4 is 10.6 Å². The Bertz CT molecular complexity index is 1920. The highest BCUT2D eigenvalue weighted by Crippen LogP contribution is 2.45. The zero-order valence-electron chi connectivity index (χ0n) is 37.5. The molecule has 4 unspecified atom stereocenters. The van der Waals surface area contributed by atoms with Crippen LogP contribution in [-0.4, -0.2) is 78.1 Å². The third kappa shape index (κ3) is 11.6. The fourth-order valence-corrected chi connectivity index (χ4v) is 10.2. The molecule has 8 heterocycles. The maximum atomic E-state index is 11.9. The second-order valence-corrected chi connectivity index (χ2v) is 20.6. The van der Waals surface area contributed by atoms with Gasteiger partial charge >= 0.3 is 0 Å². The van der Waals surface area contributed by atoms with Gasteiger partial charge in [-0.05, 0) is 86.5 Å². The standard InChI is InChI=1S/C12H18N2O3.C12H18N2O.C12H18N2.C11H18N2/c1-9(15)8-12(2,3)11(14(16)17)7-10-5-4-6-13-10;1-9-8-12(2,3)11(14(9)15)7-10-5-4-6-13-10;1-9-8-12(2,3)11(14-9)7-10-5-4-6-13-10;1-11(2)6-9-7-3-4-12-8(7)5-10(11)13-9/h4-6,11,13H,7-8H2,1-3H3;4-6,11,13H,7-8H2,1-3H3;4-6,11,13H,7-8H2,1-3H3;3-4,7-10,12-13H,5-6H2,1-2H3/t;;;7-,8+,9+,10?/m...0/s1. The molecule has 59 heavy (non-hydrogen) atoms. The number of carbonyl (C=O) groups is 1. The number of H-pyrrole nitrogens is 3. The fraction of sp³-hybridized carbons (Fsp3) is 0.638. The molecule has 3 aromatic rings. The smallest absolute Gasteiger partial charge is 0.223 e. The monoisotopic (exact) mass is 813 g/mol. The van der Waals surface area contributed by atoms with Crippen LogP contribution >= 0.6 is 0 Å². The number of aliphatic imine (C=N–C) groups is 1. The number of aromatic nitrogens is 3. The summed E-state index contributed by atoms with van der Waals surface area (Å²) in [5, 5.41) is 30.3. The van der Waals surface area contributed by atoms with E-state index in [1.54, 1.807) is 20.0 Å². The number of rotatable bonds is 10. The van der Waals surface area contributed by atoms with Crippen LogP contribution in [0.1, 0.15) is 125 Å². The molecule has 2 fully saturated rings. The summed E-state index contributed by atoms with van der Waals surface area (Å²) in [6.45, 7) is 22.8. The molecular weight excluding hydrogens is 741 g/mol. The number of hydroxylamine groups is 1. The van der Waals surface area contributed by atoms with E-state index in [2.05, 4.69) is 92.4 Å². The molecule has 0 aliphatic carbocycles. The van der Waals surface area contributed by atoms with Crippen LogP contribution in [0, 0.1) is 42.9 Å². The number of hydrogen-bond acceptors (Lipinski definition) is 7. The van der Waals surface area contributed by atoms with Gasteiger partial charge in [0.1, 0.15) is 5.78 Å². The molecule has 0 spiro atoms. The van der Waals surface area contributed by atoms with Crippen molar-refractivity contribution in [1.29, 1.82) is 0 Å². The minimum absolute atomic E-state index is 0.0201. The number of ketones is 1. The van der Waals surface area contributed by atoms with Crippen molar-refractivity contribution in [3.05, 3.63) is 99.7 Å². The second-order valence-electron chi connectivity index (χ2n) is 20.6. The molecule has 3 aromatic heterocycles. The molecule has 2 saturated heterocycles. The summed E-state index contributed by atoms with van der Waals surface area (Å²) in [5.74, 6) is 0.728. The van der Waals surface area contributed by atoms with E-state index < -0.39 is 11.5 Å². The number of Topliss-reactive ketones (excluding diaryl/α,β-unsaturated/α-hetero) is 1. The summed E-state index contributed by atoms with van der Waals surface area (Å²) < 4.78 is 1.20. The maximum absolute atomic E-state index is 11.9. The number of aromatic amines is 3. The number of piperidine rings is 1. The van der Waals surface area contributed by atoms with Crippen molar-refractivity contribution < 1.29 is 14.5 Å². The van der Waals surface area contributed by atoms with Crippen molar-refractivity contribution in [2.45, 2.75) is 164 Å². The maximum Gasteiger partial charge on any atom is 0.223 e. The fourth-order valence-electron chi connectivity index (χ4n) is 10.2. The highest BCUT2D eigenvalue weighted by atomic mass is 16.6. The van der Waals surface area contributed by atoms with Crippen molar-refractivity contribution in [3.63, 3.8) is 0 Å². The van der Waals surface area contributed by atoms with Crippen LogP contribution in [0.2, 0.25) is 0 Å². The normalized spacial score (nSPS) is 27.2. The van der Waals surface area contributed by atoms with Gasteiger partial charge in [0.2, 0.25) is 6.04 Å². The van der Waals surface area contributed by atoms with E-state index in [9.17, 15) is 20.1 Å². The Labute approximate surface area is 352 Å². The first-order valence-electron chi connectivity index (χ1n) is 21.6. The van der Waals surface area contributed by atoms with Crippen LogP contribution in [0.5, 0.6) is 0 Å². The van der Waals surface area contributed by atoms with E-state index in [0.717, 1.165) is 66.8 Å². The van der Waals surface area contributed by atoms with E-state index in [4.69, 9.17) is 4.99 Å². The largest absolute Gasteiger partial charge is 0.624 e. The third-order valence-electron chi connectivity index (χ3n) is 13.5. The average molecular weight is 813 g/mol. The molecule has 0 radical (unpaired) electrons. The minimum atomic E-state index is -0.759. The number of fused-ring (bicyclic) bond motifs is 4. The van der Waals surface area contributed by atoms with E-state index in [-0.39, 0.29) is 28.6 Å². The summed E-state index contributed by atoms with van der Waals surface area (Å²) in [6, 6.07) is 13.8.